The van der Waals surface area contributed by atoms with Crippen LogP contribution in [0.15, 0.2) is 0 Å². The van der Waals surface area contributed by atoms with Crippen molar-refractivity contribution in [2.45, 2.75) is 57.1 Å². The minimum atomic E-state index is -0.0183. The molecule has 2 atom stereocenters. The number of nitrogens with two attached hydrogens (primary N) is 1. The zero-order valence-electron chi connectivity index (χ0n) is 9.09. The second-order valence-electron chi connectivity index (χ2n) is 5.02. The van der Waals surface area contributed by atoms with Gasteiger partial charge in [0.1, 0.15) is 0 Å². The second kappa shape index (κ2) is 4.17. The first-order valence-electron chi connectivity index (χ1n) is 5.85. The lowest BCUT2D eigenvalue weighted by Crippen LogP contribution is -2.54. The highest BCUT2D eigenvalue weighted by molar-refractivity contribution is 4.93. The Morgan fingerprint density at radius 2 is 2.29 bits per heavy atom. The zero-order chi connectivity index (χ0) is 10.0. The third-order valence-electron chi connectivity index (χ3n) is 3.70. The first-order valence-corrected chi connectivity index (χ1v) is 5.85. The molecule has 1 heterocycles. The smallest absolute Gasteiger partial charge is 0.0820 e. The Bertz CT molecular complexity index is 186. The summed E-state index contributed by atoms with van der Waals surface area (Å²) in [5, 5.41) is 0. The lowest BCUT2D eigenvalue weighted by Gasteiger charge is -2.40. The predicted molar refractivity (Wildman–Crippen MR) is 56.7 cm³/mol. The van der Waals surface area contributed by atoms with Gasteiger partial charge in [-0.05, 0) is 38.5 Å². The zero-order valence-corrected chi connectivity index (χ0v) is 9.09. The molecule has 2 fully saturated rings. The largest absolute Gasteiger partial charge is 0.374 e. The lowest BCUT2D eigenvalue weighted by atomic mass is 9.85. The molecule has 0 amide bonds. The predicted octanol–water partition coefficient (Wildman–Crippen LogP) is 1.58. The highest BCUT2D eigenvalue weighted by atomic mass is 16.5. The normalized spacial score (nSPS) is 35.6. The molecule has 0 radical (unpaired) electrons. The van der Waals surface area contributed by atoms with E-state index in [0.29, 0.717) is 6.04 Å². The van der Waals surface area contributed by atoms with Gasteiger partial charge in [0.05, 0.1) is 11.6 Å². The van der Waals surface area contributed by atoms with Gasteiger partial charge in [-0.2, -0.15) is 0 Å². The van der Waals surface area contributed by atoms with Crippen molar-refractivity contribution in [2.75, 3.05) is 6.61 Å². The highest BCUT2D eigenvalue weighted by Gasteiger charge is 2.39. The fourth-order valence-corrected chi connectivity index (χ4v) is 2.41. The van der Waals surface area contributed by atoms with Gasteiger partial charge < -0.3 is 4.74 Å². The summed E-state index contributed by atoms with van der Waals surface area (Å²) in [6.07, 6.45) is 7.58. The molecule has 0 bridgehead atoms. The molecule has 82 valence electrons. The molecule has 0 aromatic heterocycles. The van der Waals surface area contributed by atoms with Crippen LogP contribution in [0.5, 0.6) is 0 Å². The van der Waals surface area contributed by atoms with E-state index in [1.54, 1.807) is 0 Å². The molecule has 1 aliphatic carbocycles. The standard InChI is InChI=1S/C11H22N2O/c1-11(6-2-3-7-14-11)10(13-12)8-9-4-5-9/h9-10,13H,2-8,12H2,1H3. The van der Waals surface area contributed by atoms with E-state index in [2.05, 4.69) is 12.3 Å². The molecule has 0 aromatic rings. The summed E-state index contributed by atoms with van der Waals surface area (Å²) >= 11 is 0. The van der Waals surface area contributed by atoms with Gasteiger partial charge in [0.15, 0.2) is 0 Å². The quantitative estimate of drug-likeness (QED) is 0.532. The number of hydrogen-bond donors (Lipinski definition) is 2. The SMILES string of the molecule is CC1(C(CC2CC2)NN)CCCCO1. The second-order valence-corrected chi connectivity index (χ2v) is 5.02. The minimum absolute atomic E-state index is 0.0183. The number of hydrogen-bond acceptors (Lipinski definition) is 3. The van der Waals surface area contributed by atoms with Crippen LogP contribution < -0.4 is 11.3 Å². The van der Waals surface area contributed by atoms with E-state index in [-0.39, 0.29) is 5.60 Å². The van der Waals surface area contributed by atoms with E-state index < -0.39 is 0 Å². The van der Waals surface area contributed by atoms with E-state index in [0.717, 1.165) is 18.9 Å². The van der Waals surface area contributed by atoms with Gasteiger partial charge in [-0.15, -0.1) is 0 Å². The van der Waals surface area contributed by atoms with Crippen molar-refractivity contribution in [1.82, 2.24) is 5.43 Å². The summed E-state index contributed by atoms with van der Waals surface area (Å²) in [6.45, 7) is 3.11. The van der Waals surface area contributed by atoms with Gasteiger partial charge in [0.25, 0.3) is 0 Å². The molecule has 1 aliphatic heterocycles. The molecule has 3 heteroatoms. The third-order valence-corrected chi connectivity index (χ3v) is 3.70. The summed E-state index contributed by atoms with van der Waals surface area (Å²) in [7, 11) is 0. The van der Waals surface area contributed by atoms with Gasteiger partial charge in [0.2, 0.25) is 0 Å². The monoisotopic (exact) mass is 198 g/mol. The van der Waals surface area contributed by atoms with Crippen molar-refractivity contribution in [1.29, 1.82) is 0 Å². The first-order chi connectivity index (χ1) is 6.74. The lowest BCUT2D eigenvalue weighted by molar-refractivity contribution is -0.0910. The summed E-state index contributed by atoms with van der Waals surface area (Å²) in [5.74, 6) is 6.54. The van der Waals surface area contributed by atoms with Crippen LogP contribution in [0.25, 0.3) is 0 Å². The molecule has 3 nitrogen and oxygen atoms in total. The number of rotatable bonds is 4. The van der Waals surface area contributed by atoms with E-state index in [1.807, 2.05) is 0 Å². The van der Waals surface area contributed by atoms with Gasteiger partial charge in [-0.3, -0.25) is 11.3 Å². The summed E-state index contributed by atoms with van der Waals surface area (Å²) in [5.41, 5.74) is 2.94. The Hall–Kier alpha value is -0.120. The fraction of sp³-hybridized carbons (Fsp3) is 1.00. The van der Waals surface area contributed by atoms with Crippen LogP contribution in [-0.4, -0.2) is 18.2 Å². The van der Waals surface area contributed by atoms with Crippen LogP contribution in [0, 0.1) is 5.92 Å². The highest BCUT2D eigenvalue weighted by Crippen LogP contribution is 2.38. The van der Waals surface area contributed by atoms with Crippen molar-refractivity contribution < 1.29 is 4.74 Å². The molecule has 14 heavy (non-hydrogen) atoms. The Morgan fingerprint density at radius 3 is 2.79 bits per heavy atom. The summed E-state index contributed by atoms with van der Waals surface area (Å²) in [4.78, 5) is 0. The van der Waals surface area contributed by atoms with E-state index in [4.69, 9.17) is 10.6 Å². The van der Waals surface area contributed by atoms with Crippen LogP contribution >= 0.6 is 0 Å². The molecule has 0 spiro atoms. The number of ether oxygens (including phenoxy) is 1. The molecule has 1 saturated carbocycles. The van der Waals surface area contributed by atoms with Crippen LogP contribution in [0.1, 0.15) is 45.4 Å². The van der Waals surface area contributed by atoms with Crippen LogP contribution in [0.4, 0.5) is 0 Å². The number of hydrazine groups is 1. The molecule has 2 rings (SSSR count). The minimum Gasteiger partial charge on any atom is -0.374 e. The summed E-state index contributed by atoms with van der Waals surface area (Å²) in [6, 6.07) is 0.343. The Labute approximate surface area is 86.4 Å². The Balaban J connectivity index is 1.92. The third kappa shape index (κ3) is 2.27. The van der Waals surface area contributed by atoms with E-state index >= 15 is 0 Å². The van der Waals surface area contributed by atoms with Gasteiger partial charge in [-0.1, -0.05) is 12.8 Å². The van der Waals surface area contributed by atoms with Crippen molar-refractivity contribution in [3.05, 3.63) is 0 Å². The average molecular weight is 198 g/mol. The average Bonchev–Trinajstić information content (AvgIpc) is 2.98. The molecule has 2 unspecified atom stereocenters. The van der Waals surface area contributed by atoms with Crippen LogP contribution in [0.3, 0.4) is 0 Å². The molecule has 0 aromatic carbocycles. The summed E-state index contributed by atoms with van der Waals surface area (Å²) < 4.78 is 5.90. The van der Waals surface area contributed by atoms with Gasteiger partial charge >= 0.3 is 0 Å². The maximum atomic E-state index is 5.90. The maximum absolute atomic E-state index is 5.90. The first kappa shape index (κ1) is 10.4. The van der Waals surface area contributed by atoms with E-state index in [1.165, 1.54) is 32.1 Å². The molecule has 1 saturated heterocycles. The topological polar surface area (TPSA) is 47.3 Å². The maximum Gasteiger partial charge on any atom is 0.0820 e. The van der Waals surface area contributed by atoms with Crippen molar-refractivity contribution in [3.8, 4) is 0 Å². The van der Waals surface area contributed by atoms with Crippen LogP contribution in [0.2, 0.25) is 0 Å². The molecule has 2 aliphatic rings. The molecular formula is C11H22N2O. The molecule has 3 N–H and O–H groups in total. The van der Waals surface area contributed by atoms with E-state index in [9.17, 15) is 0 Å². The van der Waals surface area contributed by atoms with Gasteiger partial charge in [-0.25, -0.2) is 0 Å². The number of nitrogens with one attached hydrogen (secondary N) is 1. The van der Waals surface area contributed by atoms with Crippen molar-refractivity contribution in [3.63, 3.8) is 0 Å². The van der Waals surface area contributed by atoms with Crippen LogP contribution in [-0.2, 0) is 4.74 Å². The fourth-order valence-electron chi connectivity index (χ4n) is 2.41. The molecular weight excluding hydrogens is 176 g/mol. The van der Waals surface area contributed by atoms with Gasteiger partial charge in [0, 0.05) is 6.61 Å². The van der Waals surface area contributed by atoms with Crippen molar-refractivity contribution >= 4 is 0 Å². The Kier molecular flexibility index (Phi) is 3.10. The van der Waals surface area contributed by atoms with Crippen molar-refractivity contribution in [2.24, 2.45) is 11.8 Å². The Morgan fingerprint density at radius 1 is 1.50 bits per heavy atom.